The zero-order valence-corrected chi connectivity index (χ0v) is 9.48. The third-order valence-corrected chi connectivity index (χ3v) is 2.80. The second-order valence-corrected chi connectivity index (χ2v) is 3.89. The summed E-state index contributed by atoms with van der Waals surface area (Å²) in [6.07, 6.45) is 8.57. The summed E-state index contributed by atoms with van der Waals surface area (Å²) < 4.78 is 0. The molecule has 5 nitrogen and oxygen atoms in total. The molecule has 0 saturated carbocycles. The fourth-order valence-electron chi connectivity index (χ4n) is 1.79. The number of rotatable bonds is 3. The van der Waals surface area contributed by atoms with Gasteiger partial charge in [-0.2, -0.15) is 0 Å². The fraction of sp³-hybridized carbons (Fsp3) is 0.250. The Bertz CT molecular complexity index is 468. The predicted octanol–water partition coefficient (Wildman–Crippen LogP) is 1.96. The van der Waals surface area contributed by atoms with Crippen LogP contribution in [0.25, 0.3) is 0 Å². The summed E-state index contributed by atoms with van der Waals surface area (Å²) in [4.78, 5) is 16.4. The first-order valence-electron chi connectivity index (χ1n) is 5.36. The smallest absolute Gasteiger partial charge is 0.268 e. The van der Waals surface area contributed by atoms with Gasteiger partial charge < -0.3 is 4.90 Å². The summed E-state index contributed by atoms with van der Waals surface area (Å²) in [5.74, 6) is 0. The summed E-state index contributed by atoms with van der Waals surface area (Å²) >= 11 is 0. The molecular formula is C12H13N3O2. The Morgan fingerprint density at radius 1 is 1.47 bits per heavy atom. The molecular weight excluding hydrogens is 218 g/mol. The third kappa shape index (κ3) is 2.50. The maximum atomic E-state index is 10.8. The Morgan fingerprint density at radius 2 is 2.18 bits per heavy atom. The molecule has 0 N–H and O–H groups in total. The highest BCUT2D eigenvalue weighted by Gasteiger charge is 2.26. The van der Waals surface area contributed by atoms with Crippen LogP contribution in [0.15, 0.2) is 48.6 Å². The molecule has 0 spiro atoms. The van der Waals surface area contributed by atoms with Crippen LogP contribution in [0.5, 0.6) is 0 Å². The molecule has 1 aliphatic rings. The molecule has 1 aromatic heterocycles. The molecule has 0 aromatic carbocycles. The van der Waals surface area contributed by atoms with Gasteiger partial charge in [0, 0.05) is 31.2 Å². The van der Waals surface area contributed by atoms with Crippen molar-refractivity contribution in [3.63, 3.8) is 0 Å². The number of nitrogens with zero attached hydrogens (tertiary/aromatic N) is 3. The number of allylic oxidation sites excluding steroid dienone is 2. The average molecular weight is 231 g/mol. The minimum Gasteiger partial charge on any atom is -0.360 e. The number of hydrogen-bond acceptors (Lipinski definition) is 4. The molecule has 1 aliphatic heterocycles. The molecule has 88 valence electrons. The first-order chi connectivity index (χ1) is 8.18. The van der Waals surface area contributed by atoms with Crippen molar-refractivity contribution in [2.75, 3.05) is 0 Å². The largest absolute Gasteiger partial charge is 0.360 e. The molecule has 0 radical (unpaired) electrons. The van der Waals surface area contributed by atoms with Gasteiger partial charge >= 0.3 is 0 Å². The van der Waals surface area contributed by atoms with E-state index in [9.17, 15) is 10.1 Å². The van der Waals surface area contributed by atoms with Gasteiger partial charge in [-0.25, -0.2) is 0 Å². The van der Waals surface area contributed by atoms with E-state index < -0.39 is 0 Å². The van der Waals surface area contributed by atoms with Gasteiger partial charge in [-0.3, -0.25) is 15.1 Å². The van der Waals surface area contributed by atoms with Crippen LogP contribution in [-0.4, -0.2) is 20.8 Å². The van der Waals surface area contributed by atoms with Gasteiger partial charge in [0.05, 0.1) is 4.92 Å². The quantitative estimate of drug-likeness (QED) is 0.589. The predicted molar refractivity (Wildman–Crippen MR) is 63.5 cm³/mol. The molecule has 0 amide bonds. The van der Waals surface area contributed by atoms with Crippen LogP contribution in [-0.2, 0) is 6.54 Å². The van der Waals surface area contributed by atoms with Crippen LogP contribution in [0, 0.1) is 10.1 Å². The molecule has 1 aromatic rings. The Balaban J connectivity index is 2.12. The second kappa shape index (κ2) is 4.78. The zero-order valence-electron chi connectivity index (χ0n) is 9.48. The summed E-state index contributed by atoms with van der Waals surface area (Å²) in [6, 6.07) is 3.60. The Hall–Kier alpha value is -2.17. The van der Waals surface area contributed by atoms with Crippen LogP contribution in [0.1, 0.15) is 12.5 Å². The van der Waals surface area contributed by atoms with Crippen molar-refractivity contribution in [3.05, 3.63) is 64.3 Å². The molecule has 0 bridgehead atoms. The van der Waals surface area contributed by atoms with Crippen molar-refractivity contribution >= 4 is 0 Å². The highest BCUT2D eigenvalue weighted by Crippen LogP contribution is 2.19. The van der Waals surface area contributed by atoms with Gasteiger partial charge in [-0.15, -0.1) is 0 Å². The van der Waals surface area contributed by atoms with Crippen LogP contribution >= 0.6 is 0 Å². The monoisotopic (exact) mass is 231 g/mol. The summed E-state index contributed by atoms with van der Waals surface area (Å²) in [6.45, 7) is 2.48. The molecule has 0 aliphatic carbocycles. The number of hydrogen-bond donors (Lipinski definition) is 0. The Labute approximate surface area is 99.2 Å². The molecule has 1 atom stereocenters. The van der Waals surface area contributed by atoms with Crippen molar-refractivity contribution in [3.8, 4) is 0 Å². The number of nitro groups is 1. The van der Waals surface area contributed by atoms with E-state index in [0.29, 0.717) is 6.54 Å². The van der Waals surface area contributed by atoms with Crippen LogP contribution in [0.3, 0.4) is 0 Å². The highest BCUT2D eigenvalue weighted by molar-refractivity contribution is 5.19. The maximum absolute atomic E-state index is 10.8. The minimum atomic E-state index is -0.326. The van der Waals surface area contributed by atoms with E-state index in [1.807, 2.05) is 30.2 Å². The van der Waals surface area contributed by atoms with Crippen molar-refractivity contribution in [2.45, 2.75) is 19.5 Å². The maximum Gasteiger partial charge on any atom is 0.268 e. The third-order valence-electron chi connectivity index (χ3n) is 2.80. The summed E-state index contributed by atoms with van der Waals surface area (Å²) in [5, 5.41) is 10.8. The van der Waals surface area contributed by atoms with E-state index in [4.69, 9.17) is 0 Å². The Kier molecular flexibility index (Phi) is 3.18. The molecule has 17 heavy (non-hydrogen) atoms. The first kappa shape index (κ1) is 11.3. The van der Waals surface area contributed by atoms with Gasteiger partial charge in [0.25, 0.3) is 5.70 Å². The van der Waals surface area contributed by atoms with Crippen molar-refractivity contribution in [2.24, 2.45) is 0 Å². The number of aromatic nitrogens is 1. The van der Waals surface area contributed by atoms with Gasteiger partial charge in [0.1, 0.15) is 6.04 Å². The minimum absolute atomic E-state index is 0.219. The van der Waals surface area contributed by atoms with E-state index >= 15 is 0 Å². The van der Waals surface area contributed by atoms with Crippen LogP contribution in [0.2, 0.25) is 0 Å². The van der Waals surface area contributed by atoms with Gasteiger partial charge in [0.15, 0.2) is 0 Å². The van der Waals surface area contributed by atoms with E-state index in [0.717, 1.165) is 5.56 Å². The lowest BCUT2D eigenvalue weighted by Crippen LogP contribution is -2.33. The average Bonchev–Trinajstić information content (AvgIpc) is 2.33. The van der Waals surface area contributed by atoms with E-state index in [1.165, 1.54) is 0 Å². The van der Waals surface area contributed by atoms with Gasteiger partial charge in [-0.1, -0.05) is 0 Å². The standard InChI is InChI=1S/C12H13N3O2/c1-10-12(15(16)17)3-2-8-14(10)9-11-4-6-13-7-5-11/h2-8,10H,9H2,1H3. The van der Waals surface area contributed by atoms with Gasteiger partial charge in [-0.05, 0) is 30.7 Å². The first-order valence-corrected chi connectivity index (χ1v) is 5.36. The van der Waals surface area contributed by atoms with Crippen molar-refractivity contribution in [1.29, 1.82) is 0 Å². The molecule has 2 rings (SSSR count). The van der Waals surface area contributed by atoms with E-state index in [1.54, 1.807) is 24.5 Å². The van der Waals surface area contributed by atoms with E-state index in [2.05, 4.69) is 4.98 Å². The summed E-state index contributed by atoms with van der Waals surface area (Å²) in [7, 11) is 0. The van der Waals surface area contributed by atoms with Crippen LogP contribution in [0.4, 0.5) is 0 Å². The van der Waals surface area contributed by atoms with Crippen molar-refractivity contribution in [1.82, 2.24) is 9.88 Å². The molecule has 0 fully saturated rings. The van der Waals surface area contributed by atoms with Crippen LogP contribution < -0.4 is 0 Å². The SMILES string of the molecule is CC1C([N+](=O)[O-])=CC=CN1Cc1ccncc1. The highest BCUT2D eigenvalue weighted by atomic mass is 16.6. The lowest BCUT2D eigenvalue weighted by Gasteiger charge is -2.27. The molecule has 5 heteroatoms. The normalized spacial score (nSPS) is 19.0. The second-order valence-electron chi connectivity index (χ2n) is 3.89. The fourth-order valence-corrected chi connectivity index (χ4v) is 1.79. The lowest BCUT2D eigenvalue weighted by atomic mass is 10.1. The molecule has 1 unspecified atom stereocenters. The summed E-state index contributed by atoms with van der Waals surface area (Å²) in [5.41, 5.74) is 1.31. The Morgan fingerprint density at radius 3 is 2.82 bits per heavy atom. The zero-order chi connectivity index (χ0) is 12.3. The molecule has 2 heterocycles. The van der Waals surface area contributed by atoms with Crippen molar-refractivity contribution < 1.29 is 4.92 Å². The number of pyridine rings is 1. The topological polar surface area (TPSA) is 59.3 Å². The molecule has 0 saturated heterocycles. The van der Waals surface area contributed by atoms with E-state index in [-0.39, 0.29) is 16.7 Å². The lowest BCUT2D eigenvalue weighted by molar-refractivity contribution is -0.432. The van der Waals surface area contributed by atoms with Gasteiger partial charge in [0.2, 0.25) is 0 Å².